The zero-order valence-electron chi connectivity index (χ0n) is 32.9. The second-order valence-corrected chi connectivity index (χ2v) is 20.2. The largest absolute Gasteiger partial charge is 0.332 e. The molecule has 6 aliphatic carbocycles. The topological polar surface area (TPSA) is 35.6 Å². The molecule has 50 heavy (non-hydrogen) atoms. The van der Waals surface area contributed by atoms with Crippen LogP contribution in [0.25, 0.3) is 5.57 Å². The van der Waals surface area contributed by atoms with Gasteiger partial charge in [-0.2, -0.15) is 0 Å². The van der Waals surface area contributed by atoms with Crippen LogP contribution in [0.1, 0.15) is 148 Å². The van der Waals surface area contributed by atoms with Gasteiger partial charge in [-0.25, -0.2) is 4.79 Å². The van der Waals surface area contributed by atoms with Crippen molar-refractivity contribution in [1.82, 2.24) is 15.1 Å². The Morgan fingerprint density at radius 2 is 1.50 bits per heavy atom. The molecule has 5 saturated carbocycles. The number of nitrogens with zero attached hydrogens (tertiary/aromatic N) is 2. The van der Waals surface area contributed by atoms with E-state index in [1.54, 1.807) is 5.57 Å². The summed E-state index contributed by atoms with van der Waals surface area (Å²) in [4.78, 5) is 19.0. The first-order valence-electron chi connectivity index (χ1n) is 21.5. The first-order chi connectivity index (χ1) is 23.9. The number of benzene rings is 1. The molecule has 2 aliphatic heterocycles. The molecule has 4 heteroatoms. The van der Waals surface area contributed by atoms with E-state index in [0.29, 0.717) is 22.8 Å². The van der Waals surface area contributed by atoms with Crippen molar-refractivity contribution in [3.63, 3.8) is 0 Å². The van der Waals surface area contributed by atoms with Gasteiger partial charge in [0.25, 0.3) is 0 Å². The molecule has 2 saturated heterocycles. The minimum absolute atomic E-state index is 0.0435. The van der Waals surface area contributed by atoms with Gasteiger partial charge in [-0.15, -0.1) is 0 Å². The standard InChI is InChI=1S/C42H63N3O.C4H8/c1-29-12-14-30(15-13-29)33-18-22-41(5)36(39(33,2)3)20-23-40(4)34-19-24-42(21-8-11-35(42)32(34)16-17-37(40)41)43-38(46)45-27-9-10-31(45)28-44-25-6-7-26-44;1-4-2-3-4/h12-15,18,31-32,34-37H,6-11,16-17,19-28H2,1-5H3,(H,43,46);4H,2-3H2,1H3. The van der Waals surface area contributed by atoms with Crippen LogP contribution >= 0.6 is 0 Å². The highest BCUT2D eigenvalue weighted by atomic mass is 16.2. The van der Waals surface area contributed by atoms with Crippen molar-refractivity contribution in [2.24, 2.45) is 51.8 Å². The van der Waals surface area contributed by atoms with Gasteiger partial charge in [0.2, 0.25) is 0 Å². The van der Waals surface area contributed by atoms with Crippen LogP contribution in [-0.4, -0.2) is 53.6 Å². The number of nitrogens with one attached hydrogen (secondary N) is 1. The molecular formula is C46H71N3O. The fraction of sp³-hybridized carbons (Fsp3) is 0.804. The summed E-state index contributed by atoms with van der Waals surface area (Å²) in [5.74, 6) is 4.89. The van der Waals surface area contributed by atoms with E-state index in [2.05, 4.69) is 87.0 Å². The van der Waals surface area contributed by atoms with Gasteiger partial charge in [0.05, 0.1) is 0 Å². The molecule has 8 aliphatic rings. The quantitative estimate of drug-likeness (QED) is 0.343. The second-order valence-electron chi connectivity index (χ2n) is 20.2. The van der Waals surface area contributed by atoms with E-state index in [9.17, 15) is 4.79 Å². The summed E-state index contributed by atoms with van der Waals surface area (Å²) in [5.41, 5.74) is 5.42. The van der Waals surface area contributed by atoms with Crippen LogP contribution < -0.4 is 5.32 Å². The molecule has 9 atom stereocenters. The third kappa shape index (κ3) is 6.02. The van der Waals surface area contributed by atoms with Crippen molar-refractivity contribution < 1.29 is 4.79 Å². The Hall–Kier alpha value is -1.81. The Kier molecular flexibility index (Phi) is 9.33. The van der Waals surface area contributed by atoms with E-state index < -0.39 is 0 Å². The van der Waals surface area contributed by atoms with Crippen LogP contribution in [0.5, 0.6) is 0 Å². The molecule has 0 spiro atoms. The van der Waals surface area contributed by atoms with Crippen molar-refractivity contribution in [3.05, 3.63) is 41.5 Å². The lowest BCUT2D eigenvalue weighted by atomic mass is 9.37. The van der Waals surface area contributed by atoms with Gasteiger partial charge in [0.1, 0.15) is 0 Å². The number of carbonyl (C=O) groups is 1. The normalized spacial score (nSPS) is 42.0. The van der Waals surface area contributed by atoms with Crippen LogP contribution in [0, 0.1) is 58.7 Å². The first-order valence-corrected chi connectivity index (χ1v) is 21.5. The highest BCUT2D eigenvalue weighted by Crippen LogP contribution is 2.72. The number of likely N-dealkylation sites (tertiary alicyclic amines) is 2. The van der Waals surface area contributed by atoms with Crippen molar-refractivity contribution in [1.29, 1.82) is 0 Å². The molecule has 1 aromatic carbocycles. The summed E-state index contributed by atoms with van der Waals surface area (Å²) in [7, 11) is 0. The number of amides is 2. The van der Waals surface area contributed by atoms with Gasteiger partial charge in [-0.3, -0.25) is 0 Å². The lowest BCUT2D eigenvalue weighted by molar-refractivity contribution is -0.172. The van der Waals surface area contributed by atoms with Crippen LogP contribution in [0.3, 0.4) is 0 Å². The summed E-state index contributed by atoms with van der Waals surface area (Å²) in [5, 5.41) is 3.86. The number of hydrogen-bond acceptors (Lipinski definition) is 2. The third-order valence-electron chi connectivity index (χ3n) is 17.0. The van der Waals surface area contributed by atoms with Crippen LogP contribution in [-0.2, 0) is 0 Å². The average Bonchev–Trinajstić information content (AvgIpc) is 3.45. The zero-order valence-corrected chi connectivity index (χ0v) is 32.9. The third-order valence-corrected chi connectivity index (χ3v) is 17.0. The Bertz CT molecular complexity index is 1420. The van der Waals surface area contributed by atoms with Crippen LogP contribution in [0.15, 0.2) is 30.3 Å². The van der Waals surface area contributed by atoms with Gasteiger partial charge in [-0.1, -0.05) is 89.8 Å². The summed E-state index contributed by atoms with van der Waals surface area (Å²) < 4.78 is 0. The minimum atomic E-state index is 0.0435. The molecule has 0 radical (unpaired) electrons. The lowest BCUT2D eigenvalue weighted by Gasteiger charge is -2.68. The van der Waals surface area contributed by atoms with Gasteiger partial charge in [0, 0.05) is 24.7 Å². The number of rotatable bonds is 4. The molecule has 4 nitrogen and oxygen atoms in total. The van der Waals surface area contributed by atoms with Crippen molar-refractivity contribution in [3.8, 4) is 0 Å². The zero-order chi connectivity index (χ0) is 34.9. The molecular weight excluding hydrogens is 611 g/mol. The molecule has 9 rings (SSSR count). The van der Waals surface area contributed by atoms with Gasteiger partial charge < -0.3 is 15.1 Å². The Morgan fingerprint density at radius 3 is 2.22 bits per heavy atom. The number of fused-ring (bicyclic) bond motifs is 7. The number of allylic oxidation sites excluding steroid dienone is 2. The molecule has 1 aromatic rings. The lowest BCUT2D eigenvalue weighted by Crippen LogP contribution is -2.65. The molecule has 1 N–H and O–H groups in total. The van der Waals surface area contributed by atoms with E-state index in [-0.39, 0.29) is 17.0 Å². The molecule has 2 amide bonds. The minimum Gasteiger partial charge on any atom is -0.332 e. The van der Waals surface area contributed by atoms with Crippen molar-refractivity contribution >= 4 is 11.6 Å². The number of hydrogen-bond donors (Lipinski definition) is 1. The predicted molar refractivity (Wildman–Crippen MR) is 208 cm³/mol. The Labute approximate surface area is 306 Å². The monoisotopic (exact) mass is 682 g/mol. The van der Waals surface area contributed by atoms with Gasteiger partial charge in [-0.05, 0) is 166 Å². The second kappa shape index (κ2) is 13.2. The van der Waals surface area contributed by atoms with Crippen LogP contribution in [0.2, 0.25) is 0 Å². The highest BCUT2D eigenvalue weighted by Gasteiger charge is 2.65. The molecule has 7 fully saturated rings. The van der Waals surface area contributed by atoms with Crippen LogP contribution in [0.4, 0.5) is 4.79 Å². The SMILES string of the molecule is CC1CC1.Cc1ccc(C2=CCC3(C)C(CCC4(C)C5CCC6(NC(=O)N7CCCC7CN7CCCC7)CCCC6C5CCC43)C2(C)C)cc1. The molecule has 9 unspecified atom stereocenters. The van der Waals surface area contributed by atoms with E-state index in [4.69, 9.17) is 0 Å². The van der Waals surface area contributed by atoms with Crippen molar-refractivity contribution in [2.45, 2.75) is 156 Å². The van der Waals surface area contributed by atoms with E-state index >= 15 is 0 Å². The molecule has 276 valence electrons. The maximum Gasteiger partial charge on any atom is 0.318 e. The van der Waals surface area contributed by atoms with E-state index in [1.165, 1.54) is 127 Å². The number of carbonyl (C=O) groups excluding carboxylic acids is 1. The smallest absolute Gasteiger partial charge is 0.318 e. The summed E-state index contributed by atoms with van der Waals surface area (Å²) in [6, 6.07) is 10.0. The maximum atomic E-state index is 14.1. The Balaban J connectivity index is 0.000000845. The summed E-state index contributed by atoms with van der Waals surface area (Å²) >= 11 is 0. The molecule has 0 bridgehead atoms. The molecule has 0 aromatic heterocycles. The predicted octanol–water partition coefficient (Wildman–Crippen LogP) is 10.9. The number of aryl methyl sites for hydroxylation is 1. The number of urea groups is 1. The fourth-order valence-electron chi connectivity index (χ4n) is 14.3. The average molecular weight is 682 g/mol. The fourth-order valence-corrected chi connectivity index (χ4v) is 14.3. The highest BCUT2D eigenvalue weighted by molar-refractivity contribution is 5.76. The van der Waals surface area contributed by atoms with Gasteiger partial charge >= 0.3 is 6.03 Å². The van der Waals surface area contributed by atoms with E-state index in [0.717, 1.165) is 42.7 Å². The van der Waals surface area contributed by atoms with Gasteiger partial charge in [0.15, 0.2) is 0 Å². The van der Waals surface area contributed by atoms with E-state index in [1.807, 2.05) is 0 Å². The maximum absolute atomic E-state index is 14.1. The summed E-state index contributed by atoms with van der Waals surface area (Å²) in [6.07, 6.45) is 23.8. The molecule has 2 heterocycles. The summed E-state index contributed by atoms with van der Waals surface area (Å²) in [6.45, 7) is 19.6. The first kappa shape index (κ1) is 35.2. The Morgan fingerprint density at radius 1 is 0.760 bits per heavy atom. The van der Waals surface area contributed by atoms with Crippen molar-refractivity contribution in [2.75, 3.05) is 26.2 Å².